The van der Waals surface area contributed by atoms with E-state index >= 15 is 0 Å². The van der Waals surface area contributed by atoms with Gasteiger partial charge in [0.1, 0.15) is 0 Å². The van der Waals surface area contributed by atoms with Crippen LogP contribution in [0.2, 0.25) is 0 Å². The van der Waals surface area contributed by atoms with Crippen LogP contribution in [0.4, 0.5) is 0 Å². The number of carbonyl (C=O) groups is 1. The first-order valence-electron chi connectivity index (χ1n) is 7.29. The molecule has 0 spiro atoms. The Kier molecular flexibility index (Phi) is 5.05. The Balaban J connectivity index is 1.95. The number of nitrogens with zero attached hydrogens (tertiary/aromatic N) is 3. The average Bonchev–Trinajstić information content (AvgIpc) is 2.71. The van der Waals surface area contributed by atoms with Gasteiger partial charge in [-0.1, -0.05) is 0 Å². The van der Waals surface area contributed by atoms with Crippen LogP contribution in [0.25, 0.3) is 0 Å². The highest BCUT2D eigenvalue weighted by Gasteiger charge is 2.25. The molecule has 1 aliphatic rings. The van der Waals surface area contributed by atoms with Gasteiger partial charge >= 0.3 is 0 Å². The van der Waals surface area contributed by atoms with Crippen LogP contribution in [0, 0.1) is 0 Å². The summed E-state index contributed by atoms with van der Waals surface area (Å²) in [6.07, 6.45) is 4.92. The molecule has 0 unspecified atom stereocenters. The van der Waals surface area contributed by atoms with Crippen molar-refractivity contribution in [1.29, 1.82) is 0 Å². The van der Waals surface area contributed by atoms with E-state index < -0.39 is 10.0 Å². The minimum Gasteiger partial charge on any atom is -0.357 e. The van der Waals surface area contributed by atoms with Crippen molar-refractivity contribution in [2.75, 3.05) is 31.9 Å². The van der Waals surface area contributed by atoms with Gasteiger partial charge in [0.15, 0.2) is 0 Å². The summed E-state index contributed by atoms with van der Waals surface area (Å²) in [7, 11) is -1.23. The predicted molar refractivity (Wildman–Crippen MR) is 81.3 cm³/mol. The molecule has 0 saturated carbocycles. The van der Waals surface area contributed by atoms with Crippen LogP contribution in [-0.2, 0) is 28.3 Å². The average molecular weight is 313 g/mol. The molecule has 0 aliphatic carbocycles. The van der Waals surface area contributed by atoms with Gasteiger partial charge in [-0.05, 0) is 25.0 Å². The van der Waals surface area contributed by atoms with E-state index in [1.165, 1.54) is 4.31 Å². The molecule has 0 atom stereocenters. The monoisotopic (exact) mass is 313 g/mol. The van der Waals surface area contributed by atoms with E-state index in [0.29, 0.717) is 39.0 Å². The third kappa shape index (κ3) is 4.07. The topological polar surface area (TPSA) is 62.6 Å². The molecule has 0 bridgehead atoms. The number of sulfonamides is 1. The van der Waals surface area contributed by atoms with Crippen molar-refractivity contribution >= 4 is 15.9 Å². The molecule has 21 heavy (non-hydrogen) atoms. The standard InChI is InChI=1S/C14H23N3O3S/c1-3-21(19,20)17-7-4-6-16(9-10-17)14(18)11-13-5-8-15(2)12-13/h5,8,12H,3-4,6-7,9-11H2,1-2H3. The maximum absolute atomic E-state index is 12.3. The molecular weight excluding hydrogens is 290 g/mol. The lowest BCUT2D eigenvalue weighted by atomic mass is 10.2. The van der Waals surface area contributed by atoms with E-state index in [9.17, 15) is 13.2 Å². The first-order chi connectivity index (χ1) is 9.92. The maximum Gasteiger partial charge on any atom is 0.227 e. The van der Waals surface area contributed by atoms with Crippen LogP contribution in [-0.4, -0.2) is 60.0 Å². The Labute approximate surface area is 126 Å². The second kappa shape index (κ2) is 6.62. The number of rotatable bonds is 4. The molecule has 118 valence electrons. The van der Waals surface area contributed by atoms with Crippen molar-refractivity contribution in [3.05, 3.63) is 24.0 Å². The Hall–Kier alpha value is -1.34. The Morgan fingerprint density at radius 2 is 2.00 bits per heavy atom. The van der Waals surface area contributed by atoms with E-state index in [1.54, 1.807) is 11.8 Å². The smallest absolute Gasteiger partial charge is 0.227 e. The number of amides is 1. The number of hydrogen-bond donors (Lipinski definition) is 0. The number of aryl methyl sites for hydroxylation is 1. The van der Waals surface area contributed by atoms with Gasteiger partial charge in [-0.2, -0.15) is 0 Å². The summed E-state index contributed by atoms with van der Waals surface area (Å²) in [6, 6.07) is 1.93. The molecule has 1 aromatic rings. The van der Waals surface area contributed by atoms with Crippen LogP contribution < -0.4 is 0 Å². The molecular formula is C14H23N3O3S. The molecule has 7 heteroatoms. The fourth-order valence-electron chi connectivity index (χ4n) is 2.56. The zero-order valence-corrected chi connectivity index (χ0v) is 13.5. The van der Waals surface area contributed by atoms with E-state index in [-0.39, 0.29) is 11.7 Å². The minimum atomic E-state index is -3.16. The quantitative estimate of drug-likeness (QED) is 0.811. The lowest BCUT2D eigenvalue weighted by Crippen LogP contribution is -2.38. The van der Waals surface area contributed by atoms with E-state index in [4.69, 9.17) is 0 Å². The van der Waals surface area contributed by atoms with Crippen molar-refractivity contribution in [3.8, 4) is 0 Å². The first kappa shape index (κ1) is 16.0. The molecule has 2 rings (SSSR count). The van der Waals surface area contributed by atoms with Crippen LogP contribution in [0.15, 0.2) is 18.5 Å². The molecule has 1 saturated heterocycles. The molecule has 2 heterocycles. The van der Waals surface area contributed by atoms with Crippen molar-refractivity contribution in [2.24, 2.45) is 7.05 Å². The molecule has 1 aliphatic heterocycles. The van der Waals surface area contributed by atoms with E-state index in [2.05, 4.69) is 0 Å². The van der Waals surface area contributed by atoms with Gasteiger partial charge in [-0.25, -0.2) is 12.7 Å². The highest BCUT2D eigenvalue weighted by Crippen LogP contribution is 2.11. The normalized spacial score (nSPS) is 17.7. The van der Waals surface area contributed by atoms with Crippen molar-refractivity contribution < 1.29 is 13.2 Å². The Morgan fingerprint density at radius 1 is 1.24 bits per heavy atom. The van der Waals surface area contributed by atoms with Crippen LogP contribution in [0.5, 0.6) is 0 Å². The molecule has 6 nitrogen and oxygen atoms in total. The summed E-state index contributed by atoms with van der Waals surface area (Å²) in [5.74, 6) is 0.183. The number of hydrogen-bond acceptors (Lipinski definition) is 3. The van der Waals surface area contributed by atoms with Crippen molar-refractivity contribution in [1.82, 2.24) is 13.8 Å². The van der Waals surface area contributed by atoms with Gasteiger partial charge in [0, 0.05) is 45.6 Å². The fraction of sp³-hybridized carbons (Fsp3) is 0.643. The van der Waals surface area contributed by atoms with Gasteiger partial charge in [-0.3, -0.25) is 4.79 Å². The second-order valence-electron chi connectivity index (χ2n) is 5.40. The van der Waals surface area contributed by atoms with Gasteiger partial charge in [0.25, 0.3) is 0 Å². The highest BCUT2D eigenvalue weighted by molar-refractivity contribution is 7.89. The molecule has 0 aromatic carbocycles. The van der Waals surface area contributed by atoms with Gasteiger partial charge in [0.2, 0.25) is 15.9 Å². The molecule has 0 N–H and O–H groups in total. The van der Waals surface area contributed by atoms with Crippen LogP contribution in [0.1, 0.15) is 18.9 Å². The minimum absolute atomic E-state index is 0.0666. The molecule has 1 aromatic heterocycles. The SMILES string of the molecule is CCS(=O)(=O)N1CCCN(C(=O)Cc2ccn(C)c2)CC1. The largest absolute Gasteiger partial charge is 0.357 e. The number of aromatic nitrogens is 1. The Morgan fingerprint density at radius 3 is 2.62 bits per heavy atom. The summed E-state index contributed by atoms with van der Waals surface area (Å²) in [6.45, 7) is 3.66. The molecule has 0 radical (unpaired) electrons. The molecule has 1 amide bonds. The van der Waals surface area contributed by atoms with E-state index in [0.717, 1.165) is 5.56 Å². The van der Waals surface area contributed by atoms with Gasteiger partial charge < -0.3 is 9.47 Å². The van der Waals surface area contributed by atoms with Gasteiger partial charge in [-0.15, -0.1) is 0 Å². The summed E-state index contributed by atoms with van der Waals surface area (Å²) in [5.41, 5.74) is 0.991. The third-order valence-electron chi connectivity index (χ3n) is 3.81. The van der Waals surface area contributed by atoms with Crippen molar-refractivity contribution in [3.63, 3.8) is 0 Å². The van der Waals surface area contributed by atoms with Crippen LogP contribution in [0.3, 0.4) is 0 Å². The second-order valence-corrected chi connectivity index (χ2v) is 7.65. The first-order valence-corrected chi connectivity index (χ1v) is 8.89. The highest BCUT2D eigenvalue weighted by atomic mass is 32.2. The maximum atomic E-state index is 12.3. The fourth-order valence-corrected chi connectivity index (χ4v) is 3.69. The van der Waals surface area contributed by atoms with E-state index in [1.807, 2.05) is 30.1 Å². The predicted octanol–water partition coefficient (Wildman–Crippen LogP) is 0.452. The summed E-state index contributed by atoms with van der Waals surface area (Å²) < 4.78 is 27.2. The summed E-state index contributed by atoms with van der Waals surface area (Å²) in [4.78, 5) is 14.1. The summed E-state index contributed by atoms with van der Waals surface area (Å²) in [5, 5.41) is 0. The number of carbonyl (C=O) groups excluding carboxylic acids is 1. The Bertz CT molecular complexity index is 594. The van der Waals surface area contributed by atoms with Crippen molar-refractivity contribution in [2.45, 2.75) is 19.8 Å². The molecule has 1 fully saturated rings. The third-order valence-corrected chi connectivity index (χ3v) is 5.70. The summed E-state index contributed by atoms with van der Waals surface area (Å²) >= 11 is 0. The lowest BCUT2D eigenvalue weighted by Gasteiger charge is -2.21. The lowest BCUT2D eigenvalue weighted by molar-refractivity contribution is -0.130. The zero-order valence-electron chi connectivity index (χ0n) is 12.7. The van der Waals surface area contributed by atoms with Crippen LogP contribution >= 0.6 is 0 Å². The van der Waals surface area contributed by atoms with Gasteiger partial charge in [0.05, 0.1) is 12.2 Å². The zero-order chi connectivity index (χ0) is 15.5.